The molecule has 6 nitrogen and oxygen atoms in total. The van der Waals surface area contributed by atoms with Crippen LogP contribution >= 0.6 is 11.3 Å². The van der Waals surface area contributed by atoms with Crippen LogP contribution in [0.5, 0.6) is 0 Å². The summed E-state index contributed by atoms with van der Waals surface area (Å²) in [5, 5.41) is 14.6. The van der Waals surface area contributed by atoms with Crippen LogP contribution in [0.3, 0.4) is 0 Å². The molecule has 0 aliphatic carbocycles. The Labute approximate surface area is 137 Å². The summed E-state index contributed by atoms with van der Waals surface area (Å²) in [6, 6.07) is 10.6. The van der Waals surface area contributed by atoms with Crippen LogP contribution in [0.25, 0.3) is 0 Å². The molecule has 0 unspecified atom stereocenters. The Hall–Kier alpha value is -2.54. The van der Waals surface area contributed by atoms with E-state index in [4.69, 9.17) is 4.74 Å². The van der Waals surface area contributed by atoms with Gasteiger partial charge in [0.1, 0.15) is 0 Å². The number of nitrogens with zero attached hydrogens (tertiary/aromatic N) is 2. The van der Waals surface area contributed by atoms with E-state index in [1.54, 1.807) is 24.3 Å². The molecule has 2 aromatic rings. The Morgan fingerprint density at radius 2 is 2.09 bits per heavy atom. The Kier molecular flexibility index (Phi) is 4.20. The third-order valence-corrected chi connectivity index (χ3v) is 4.48. The van der Waals surface area contributed by atoms with Crippen molar-refractivity contribution < 1.29 is 14.3 Å². The van der Waals surface area contributed by atoms with Crippen molar-refractivity contribution in [2.75, 3.05) is 13.7 Å². The molecule has 1 N–H and O–H groups in total. The van der Waals surface area contributed by atoms with Gasteiger partial charge < -0.3 is 10.1 Å². The second-order valence-electron chi connectivity index (χ2n) is 5.11. The van der Waals surface area contributed by atoms with Gasteiger partial charge in [0.15, 0.2) is 0 Å². The highest BCUT2D eigenvalue weighted by molar-refractivity contribution is 7.08. The minimum Gasteiger partial charge on any atom is -0.466 e. The van der Waals surface area contributed by atoms with Crippen molar-refractivity contribution in [2.24, 2.45) is 10.2 Å². The molecule has 118 valence electrons. The zero-order chi connectivity index (χ0) is 16.3. The lowest BCUT2D eigenvalue weighted by atomic mass is 9.88. The van der Waals surface area contributed by atoms with E-state index < -0.39 is 17.5 Å². The third-order valence-electron chi connectivity index (χ3n) is 3.78. The number of nitrogens with one attached hydrogen (secondary N) is 1. The van der Waals surface area contributed by atoms with Gasteiger partial charge in [-0.3, -0.25) is 4.79 Å². The number of thiophene rings is 1. The number of hydrogen-bond acceptors (Lipinski definition) is 6. The first kappa shape index (κ1) is 15.4. The van der Waals surface area contributed by atoms with Crippen molar-refractivity contribution in [1.82, 2.24) is 5.32 Å². The second-order valence-corrected chi connectivity index (χ2v) is 5.89. The van der Waals surface area contributed by atoms with E-state index in [2.05, 4.69) is 15.5 Å². The molecule has 2 atom stereocenters. The standard InChI is InChI=1S/C16H15N3O3S/c1-22-15(21)16(18-14(20)11-5-3-2-4-6-11)13(9-17-19-16)12-7-8-23-10-12/h2-8,10,13H,9H2,1H3,(H,18,20)/t13-,16+/m0/s1. The SMILES string of the molecule is COC(=O)[C@]1(NC(=O)c2ccccc2)N=NC[C@H]1c1ccsc1. The highest BCUT2D eigenvalue weighted by atomic mass is 32.1. The van der Waals surface area contributed by atoms with E-state index in [0.29, 0.717) is 12.1 Å². The number of benzene rings is 1. The zero-order valence-corrected chi connectivity index (χ0v) is 13.2. The molecule has 7 heteroatoms. The van der Waals surface area contributed by atoms with Gasteiger partial charge in [-0.15, -0.1) is 0 Å². The lowest BCUT2D eigenvalue weighted by molar-refractivity contribution is -0.148. The molecule has 3 rings (SSSR count). The number of rotatable bonds is 4. The topological polar surface area (TPSA) is 80.1 Å². The van der Waals surface area contributed by atoms with Gasteiger partial charge in [0.05, 0.1) is 19.6 Å². The summed E-state index contributed by atoms with van der Waals surface area (Å²) in [6.07, 6.45) is 0. The Morgan fingerprint density at radius 1 is 1.30 bits per heavy atom. The molecule has 1 amide bonds. The molecule has 23 heavy (non-hydrogen) atoms. The average Bonchev–Trinajstić information content (AvgIpc) is 3.24. The normalized spacial score (nSPS) is 22.7. The molecule has 1 aromatic heterocycles. The van der Waals surface area contributed by atoms with Gasteiger partial charge in [-0.25, -0.2) is 4.79 Å². The summed E-state index contributed by atoms with van der Waals surface area (Å²) in [6.45, 7) is 0.320. The smallest absolute Gasteiger partial charge is 0.357 e. The van der Waals surface area contributed by atoms with Crippen LogP contribution in [-0.2, 0) is 9.53 Å². The quantitative estimate of drug-likeness (QED) is 0.876. The molecular formula is C16H15N3O3S. The fourth-order valence-electron chi connectivity index (χ4n) is 2.59. The number of carbonyl (C=O) groups is 2. The van der Waals surface area contributed by atoms with Crippen LogP contribution < -0.4 is 5.32 Å². The molecule has 1 aliphatic heterocycles. The molecule has 0 fully saturated rings. The van der Waals surface area contributed by atoms with Crippen molar-refractivity contribution in [3.63, 3.8) is 0 Å². The summed E-state index contributed by atoms with van der Waals surface area (Å²) < 4.78 is 4.90. The number of esters is 1. The zero-order valence-electron chi connectivity index (χ0n) is 12.4. The average molecular weight is 329 g/mol. The molecular weight excluding hydrogens is 314 g/mol. The number of amides is 1. The van der Waals surface area contributed by atoms with Crippen LogP contribution in [-0.4, -0.2) is 31.2 Å². The summed E-state index contributed by atoms with van der Waals surface area (Å²) in [5.41, 5.74) is -0.177. The highest BCUT2D eigenvalue weighted by Gasteiger charge is 2.52. The molecule has 0 spiro atoms. The van der Waals surface area contributed by atoms with E-state index in [0.717, 1.165) is 5.56 Å². The van der Waals surface area contributed by atoms with Crippen molar-refractivity contribution in [3.05, 3.63) is 58.3 Å². The molecule has 0 saturated heterocycles. The number of carbonyl (C=O) groups excluding carboxylic acids is 2. The lowest BCUT2D eigenvalue weighted by Crippen LogP contribution is -2.56. The molecule has 1 aromatic carbocycles. The first-order chi connectivity index (χ1) is 11.2. The Morgan fingerprint density at radius 3 is 2.74 bits per heavy atom. The Bertz CT molecular complexity index is 730. The van der Waals surface area contributed by atoms with Crippen molar-refractivity contribution in [3.8, 4) is 0 Å². The van der Waals surface area contributed by atoms with Crippen molar-refractivity contribution in [2.45, 2.75) is 11.6 Å². The van der Waals surface area contributed by atoms with E-state index >= 15 is 0 Å². The van der Waals surface area contributed by atoms with Crippen LogP contribution in [0.4, 0.5) is 0 Å². The van der Waals surface area contributed by atoms with E-state index in [9.17, 15) is 9.59 Å². The molecule has 0 radical (unpaired) electrons. The minimum atomic E-state index is -1.53. The van der Waals surface area contributed by atoms with E-state index in [1.807, 2.05) is 22.9 Å². The number of hydrogen-bond donors (Lipinski definition) is 1. The van der Waals surface area contributed by atoms with E-state index in [1.165, 1.54) is 18.4 Å². The maximum absolute atomic E-state index is 12.5. The molecule has 0 saturated carbocycles. The first-order valence-corrected chi connectivity index (χ1v) is 7.98. The van der Waals surface area contributed by atoms with Gasteiger partial charge in [0.2, 0.25) is 0 Å². The third kappa shape index (κ3) is 2.75. The van der Waals surface area contributed by atoms with Gasteiger partial charge in [-0.05, 0) is 34.5 Å². The van der Waals surface area contributed by atoms with Crippen LogP contribution in [0.1, 0.15) is 21.8 Å². The van der Waals surface area contributed by atoms with Gasteiger partial charge >= 0.3 is 5.97 Å². The van der Waals surface area contributed by atoms with Gasteiger partial charge in [0.25, 0.3) is 11.6 Å². The number of methoxy groups -OCH3 is 1. The summed E-state index contributed by atoms with van der Waals surface area (Å²) >= 11 is 1.51. The number of ether oxygens (including phenoxy) is 1. The second kappa shape index (κ2) is 6.29. The molecule has 1 aliphatic rings. The monoisotopic (exact) mass is 329 g/mol. The van der Waals surface area contributed by atoms with Crippen LogP contribution in [0, 0.1) is 0 Å². The predicted molar refractivity (Wildman–Crippen MR) is 85.4 cm³/mol. The maximum atomic E-state index is 12.5. The summed E-state index contributed by atoms with van der Waals surface area (Å²) in [5.74, 6) is -1.40. The largest absolute Gasteiger partial charge is 0.466 e. The van der Waals surface area contributed by atoms with E-state index in [-0.39, 0.29) is 5.92 Å². The highest BCUT2D eigenvalue weighted by Crippen LogP contribution is 2.37. The summed E-state index contributed by atoms with van der Waals surface area (Å²) in [4.78, 5) is 24.9. The fourth-order valence-corrected chi connectivity index (χ4v) is 3.31. The molecule has 2 heterocycles. The van der Waals surface area contributed by atoms with Gasteiger partial charge in [-0.1, -0.05) is 18.2 Å². The first-order valence-electron chi connectivity index (χ1n) is 7.04. The van der Waals surface area contributed by atoms with Crippen molar-refractivity contribution in [1.29, 1.82) is 0 Å². The van der Waals surface area contributed by atoms with Crippen LogP contribution in [0.2, 0.25) is 0 Å². The fraction of sp³-hybridized carbons (Fsp3) is 0.250. The number of azo groups is 1. The maximum Gasteiger partial charge on any atom is 0.357 e. The predicted octanol–water partition coefficient (Wildman–Crippen LogP) is 2.60. The van der Waals surface area contributed by atoms with Gasteiger partial charge in [0, 0.05) is 5.56 Å². The van der Waals surface area contributed by atoms with Crippen LogP contribution in [0.15, 0.2) is 57.4 Å². The van der Waals surface area contributed by atoms with Gasteiger partial charge in [-0.2, -0.15) is 21.6 Å². The molecule has 0 bridgehead atoms. The Balaban J connectivity index is 1.96. The lowest BCUT2D eigenvalue weighted by Gasteiger charge is -2.29. The van der Waals surface area contributed by atoms with Crippen molar-refractivity contribution >= 4 is 23.2 Å². The summed E-state index contributed by atoms with van der Waals surface area (Å²) in [7, 11) is 1.28. The minimum absolute atomic E-state index is 0.320.